The Morgan fingerprint density at radius 1 is 1.43 bits per heavy atom. The van der Waals surface area contributed by atoms with E-state index in [0.717, 1.165) is 12.3 Å². The molecule has 0 bridgehead atoms. The summed E-state index contributed by atoms with van der Waals surface area (Å²) in [5.74, 6) is 3.38. The SMILES string of the molecule is C#CCC(=O)C1CC2CCCCC2N1. The molecule has 1 saturated heterocycles. The maximum atomic E-state index is 11.6. The van der Waals surface area contributed by atoms with Crippen LogP contribution in [0, 0.1) is 18.3 Å². The van der Waals surface area contributed by atoms with Crippen LogP contribution >= 0.6 is 0 Å². The molecule has 0 aromatic rings. The van der Waals surface area contributed by atoms with Crippen molar-refractivity contribution in [3.05, 3.63) is 0 Å². The molecule has 1 N–H and O–H groups in total. The Hall–Kier alpha value is -0.810. The largest absolute Gasteiger partial charge is 0.304 e. The van der Waals surface area contributed by atoms with Crippen LogP contribution in [0.3, 0.4) is 0 Å². The van der Waals surface area contributed by atoms with Gasteiger partial charge in [0.15, 0.2) is 5.78 Å². The van der Waals surface area contributed by atoms with Gasteiger partial charge in [-0.05, 0) is 25.2 Å². The van der Waals surface area contributed by atoms with Crippen molar-refractivity contribution in [2.75, 3.05) is 0 Å². The van der Waals surface area contributed by atoms with Gasteiger partial charge in [-0.25, -0.2) is 0 Å². The fourth-order valence-electron chi connectivity index (χ4n) is 2.79. The fourth-order valence-corrected chi connectivity index (χ4v) is 2.79. The number of carbonyl (C=O) groups is 1. The molecule has 2 aliphatic rings. The zero-order chi connectivity index (χ0) is 9.97. The smallest absolute Gasteiger partial charge is 0.161 e. The second-order valence-electron chi connectivity index (χ2n) is 4.45. The molecule has 1 heterocycles. The number of hydrogen-bond donors (Lipinski definition) is 1. The van der Waals surface area contributed by atoms with Gasteiger partial charge in [-0.1, -0.05) is 18.8 Å². The topological polar surface area (TPSA) is 29.1 Å². The number of nitrogens with one attached hydrogen (secondary N) is 1. The van der Waals surface area contributed by atoms with Gasteiger partial charge >= 0.3 is 0 Å². The molecule has 3 unspecified atom stereocenters. The van der Waals surface area contributed by atoms with Crippen LogP contribution in [-0.4, -0.2) is 17.9 Å². The maximum absolute atomic E-state index is 11.6. The van der Waals surface area contributed by atoms with Crippen molar-refractivity contribution in [1.82, 2.24) is 5.32 Å². The Morgan fingerprint density at radius 2 is 2.21 bits per heavy atom. The minimum absolute atomic E-state index is 0.0548. The van der Waals surface area contributed by atoms with Crippen LogP contribution < -0.4 is 5.32 Å². The molecular weight excluding hydrogens is 174 g/mol. The van der Waals surface area contributed by atoms with Gasteiger partial charge in [0.1, 0.15) is 0 Å². The first-order valence-corrected chi connectivity index (χ1v) is 5.53. The summed E-state index contributed by atoms with van der Waals surface area (Å²) in [6, 6.07) is 0.648. The number of rotatable bonds is 2. The van der Waals surface area contributed by atoms with Crippen LogP contribution in [0.2, 0.25) is 0 Å². The molecule has 2 nitrogen and oxygen atoms in total. The molecule has 1 saturated carbocycles. The average molecular weight is 191 g/mol. The highest BCUT2D eigenvalue weighted by Gasteiger charge is 2.37. The summed E-state index contributed by atoms with van der Waals surface area (Å²) in [6.45, 7) is 0. The van der Waals surface area contributed by atoms with Crippen molar-refractivity contribution >= 4 is 5.78 Å². The van der Waals surface area contributed by atoms with Crippen molar-refractivity contribution < 1.29 is 4.79 Å². The first-order chi connectivity index (χ1) is 6.81. The number of hydrogen-bond acceptors (Lipinski definition) is 2. The summed E-state index contributed by atoms with van der Waals surface area (Å²) in [5, 5.41) is 3.43. The van der Waals surface area contributed by atoms with Gasteiger partial charge < -0.3 is 5.32 Å². The molecular formula is C12H17NO. The van der Waals surface area contributed by atoms with Gasteiger partial charge in [-0.2, -0.15) is 0 Å². The van der Waals surface area contributed by atoms with E-state index in [0.29, 0.717) is 6.04 Å². The van der Waals surface area contributed by atoms with E-state index in [1.807, 2.05) is 0 Å². The number of ketones is 1. The predicted octanol–water partition coefficient (Wildman–Crippen LogP) is 1.50. The molecule has 76 valence electrons. The lowest BCUT2D eigenvalue weighted by molar-refractivity contribution is -0.119. The average Bonchev–Trinajstić information content (AvgIpc) is 2.61. The van der Waals surface area contributed by atoms with Crippen LogP contribution in [0.25, 0.3) is 0 Å². The van der Waals surface area contributed by atoms with Crippen molar-refractivity contribution in [2.45, 2.75) is 50.6 Å². The Balaban J connectivity index is 1.93. The minimum atomic E-state index is 0.0548. The Labute approximate surface area is 85.5 Å². The highest BCUT2D eigenvalue weighted by Crippen LogP contribution is 2.33. The van der Waals surface area contributed by atoms with Crippen LogP contribution in [0.15, 0.2) is 0 Å². The summed E-state index contributed by atoms with van der Waals surface area (Å²) in [5.41, 5.74) is 0. The van der Waals surface area contributed by atoms with Crippen LogP contribution in [0.4, 0.5) is 0 Å². The Kier molecular flexibility index (Phi) is 2.88. The number of carbonyl (C=O) groups excluding carboxylic acids is 1. The predicted molar refractivity (Wildman–Crippen MR) is 55.7 cm³/mol. The molecule has 14 heavy (non-hydrogen) atoms. The Bertz CT molecular complexity index is 252. The summed E-state index contributed by atoms with van der Waals surface area (Å²) in [7, 11) is 0. The maximum Gasteiger partial charge on any atom is 0.161 e. The molecule has 0 radical (unpaired) electrons. The summed E-state index contributed by atoms with van der Waals surface area (Å²) in [6.07, 6.45) is 11.6. The number of terminal acetylenes is 1. The molecule has 3 atom stereocenters. The van der Waals surface area contributed by atoms with Crippen molar-refractivity contribution in [3.8, 4) is 12.3 Å². The van der Waals surface area contributed by atoms with Gasteiger partial charge in [0.25, 0.3) is 0 Å². The standard InChI is InChI=1S/C12H17NO/c1-2-5-12(14)11-8-9-6-3-4-7-10(9)13-11/h1,9-11,13H,3-8H2. The van der Waals surface area contributed by atoms with E-state index in [4.69, 9.17) is 6.42 Å². The van der Waals surface area contributed by atoms with Gasteiger partial charge in [-0.3, -0.25) is 4.79 Å². The van der Waals surface area contributed by atoms with Crippen LogP contribution in [0.1, 0.15) is 38.5 Å². The van der Waals surface area contributed by atoms with Crippen LogP contribution in [-0.2, 0) is 4.79 Å². The second-order valence-corrected chi connectivity index (χ2v) is 4.45. The Morgan fingerprint density at radius 3 is 2.93 bits per heavy atom. The fraction of sp³-hybridized carbons (Fsp3) is 0.750. The molecule has 1 aliphatic heterocycles. The third-order valence-corrected chi connectivity index (χ3v) is 3.53. The third-order valence-electron chi connectivity index (χ3n) is 3.53. The number of fused-ring (bicyclic) bond motifs is 1. The normalized spacial score (nSPS) is 36.1. The van der Waals surface area contributed by atoms with E-state index < -0.39 is 0 Å². The second kappa shape index (κ2) is 4.14. The molecule has 2 rings (SSSR count). The lowest BCUT2D eigenvalue weighted by atomic mass is 9.85. The quantitative estimate of drug-likeness (QED) is 0.670. The third kappa shape index (κ3) is 1.83. The van der Waals surface area contributed by atoms with E-state index in [1.54, 1.807) is 0 Å². The molecule has 0 aromatic heterocycles. The summed E-state index contributed by atoms with van der Waals surface area (Å²) < 4.78 is 0. The zero-order valence-corrected chi connectivity index (χ0v) is 8.46. The highest BCUT2D eigenvalue weighted by molar-refractivity contribution is 5.86. The molecule has 2 heteroatoms. The van der Waals surface area contributed by atoms with Gasteiger partial charge in [-0.15, -0.1) is 6.42 Å². The molecule has 2 fully saturated rings. The van der Waals surface area contributed by atoms with Crippen molar-refractivity contribution in [3.63, 3.8) is 0 Å². The molecule has 0 amide bonds. The highest BCUT2D eigenvalue weighted by atomic mass is 16.1. The van der Waals surface area contributed by atoms with Crippen LogP contribution in [0.5, 0.6) is 0 Å². The van der Waals surface area contributed by atoms with Gasteiger partial charge in [0.05, 0.1) is 12.5 Å². The van der Waals surface area contributed by atoms with Crippen molar-refractivity contribution in [1.29, 1.82) is 0 Å². The van der Waals surface area contributed by atoms with Gasteiger partial charge in [0, 0.05) is 6.04 Å². The van der Waals surface area contributed by atoms with E-state index in [2.05, 4.69) is 11.2 Å². The number of Topliss-reactive ketones (excluding diaryl/α,β-unsaturated/α-hetero) is 1. The summed E-state index contributed by atoms with van der Waals surface area (Å²) >= 11 is 0. The first kappa shape index (κ1) is 9.73. The molecule has 0 spiro atoms. The van der Waals surface area contributed by atoms with Gasteiger partial charge in [0.2, 0.25) is 0 Å². The minimum Gasteiger partial charge on any atom is -0.304 e. The van der Waals surface area contributed by atoms with E-state index in [1.165, 1.54) is 25.7 Å². The lowest BCUT2D eigenvalue weighted by Crippen LogP contribution is -2.36. The lowest BCUT2D eigenvalue weighted by Gasteiger charge is -2.24. The van der Waals surface area contributed by atoms with E-state index >= 15 is 0 Å². The van der Waals surface area contributed by atoms with Crippen molar-refractivity contribution in [2.24, 2.45) is 5.92 Å². The first-order valence-electron chi connectivity index (χ1n) is 5.53. The monoisotopic (exact) mass is 191 g/mol. The van der Waals surface area contributed by atoms with E-state index in [9.17, 15) is 4.79 Å². The molecule has 1 aliphatic carbocycles. The molecule has 0 aromatic carbocycles. The summed E-state index contributed by atoms with van der Waals surface area (Å²) in [4.78, 5) is 11.6. The zero-order valence-electron chi connectivity index (χ0n) is 8.46. The van der Waals surface area contributed by atoms with E-state index in [-0.39, 0.29) is 18.2 Å².